The van der Waals surface area contributed by atoms with Crippen LogP contribution in [0.3, 0.4) is 0 Å². The number of aromatic amines is 1. The van der Waals surface area contributed by atoms with E-state index in [0.717, 1.165) is 16.7 Å². The van der Waals surface area contributed by atoms with Crippen molar-refractivity contribution >= 4 is 27.3 Å². The zero-order valence-corrected chi connectivity index (χ0v) is 13.1. The Balaban J connectivity index is 2.24. The van der Waals surface area contributed by atoms with Gasteiger partial charge in [-0.2, -0.15) is 11.3 Å². The maximum absolute atomic E-state index is 12.1. The van der Waals surface area contributed by atoms with Gasteiger partial charge in [0.25, 0.3) is 5.56 Å². The van der Waals surface area contributed by atoms with Crippen molar-refractivity contribution in [3.63, 3.8) is 0 Å². The van der Waals surface area contributed by atoms with Gasteiger partial charge in [-0.25, -0.2) is 4.98 Å². The van der Waals surface area contributed by atoms with Crippen molar-refractivity contribution < 1.29 is 0 Å². The van der Waals surface area contributed by atoms with Gasteiger partial charge in [0, 0.05) is 16.5 Å². The van der Waals surface area contributed by atoms with E-state index in [1.807, 2.05) is 48.0 Å². The zero-order chi connectivity index (χ0) is 14.1. The van der Waals surface area contributed by atoms with Crippen LogP contribution in [-0.4, -0.2) is 9.97 Å². The largest absolute Gasteiger partial charge is 0.305 e. The Kier molecular flexibility index (Phi) is 3.54. The molecule has 0 bridgehead atoms. The number of aromatic nitrogens is 2. The van der Waals surface area contributed by atoms with E-state index in [1.54, 1.807) is 11.3 Å². The van der Waals surface area contributed by atoms with Crippen LogP contribution in [0.25, 0.3) is 22.6 Å². The minimum absolute atomic E-state index is 0.167. The molecule has 0 amide bonds. The lowest BCUT2D eigenvalue weighted by atomic mass is 10.1. The van der Waals surface area contributed by atoms with E-state index in [4.69, 9.17) is 0 Å². The van der Waals surface area contributed by atoms with Crippen molar-refractivity contribution in [1.82, 2.24) is 9.97 Å². The first-order valence-corrected chi connectivity index (χ1v) is 7.79. The van der Waals surface area contributed by atoms with Crippen molar-refractivity contribution in [1.29, 1.82) is 0 Å². The molecule has 0 fully saturated rings. The molecule has 2 heterocycles. The Hall–Kier alpha value is -1.72. The van der Waals surface area contributed by atoms with Crippen molar-refractivity contribution in [3.05, 3.63) is 61.5 Å². The van der Waals surface area contributed by atoms with Gasteiger partial charge in [-0.3, -0.25) is 4.79 Å². The topological polar surface area (TPSA) is 45.8 Å². The van der Waals surface area contributed by atoms with Crippen molar-refractivity contribution in [2.24, 2.45) is 0 Å². The second-order valence-electron chi connectivity index (χ2n) is 4.41. The quantitative estimate of drug-likeness (QED) is 0.754. The molecule has 5 heteroatoms. The highest BCUT2D eigenvalue weighted by Crippen LogP contribution is 2.28. The van der Waals surface area contributed by atoms with E-state index in [0.29, 0.717) is 16.0 Å². The molecule has 0 atom stereocenters. The first-order valence-electron chi connectivity index (χ1n) is 6.05. The number of thiophene rings is 1. The molecule has 3 rings (SSSR count). The van der Waals surface area contributed by atoms with Gasteiger partial charge in [0.1, 0.15) is 10.3 Å². The number of nitrogens with zero attached hydrogens (tertiary/aromatic N) is 1. The molecule has 1 N–H and O–H groups in total. The van der Waals surface area contributed by atoms with Gasteiger partial charge in [-0.1, -0.05) is 30.3 Å². The van der Waals surface area contributed by atoms with Crippen LogP contribution < -0.4 is 5.56 Å². The van der Waals surface area contributed by atoms with Gasteiger partial charge in [-0.05, 0) is 33.8 Å². The number of hydrogen-bond donors (Lipinski definition) is 1. The van der Waals surface area contributed by atoms with Crippen LogP contribution in [0.1, 0.15) is 5.56 Å². The minimum atomic E-state index is -0.167. The molecule has 1 aromatic carbocycles. The standard InChI is InChI=1S/C15H11BrN2OS/c1-9-7-20-8-11(9)14-17-13(12(16)15(19)18-14)10-5-3-2-4-6-10/h2-8H,1H3,(H,17,18,19). The molecule has 0 aliphatic rings. The van der Waals surface area contributed by atoms with E-state index < -0.39 is 0 Å². The fraction of sp³-hybridized carbons (Fsp3) is 0.0667. The van der Waals surface area contributed by atoms with Gasteiger partial charge in [0.15, 0.2) is 0 Å². The first-order chi connectivity index (χ1) is 9.66. The Morgan fingerprint density at radius 1 is 1.20 bits per heavy atom. The van der Waals surface area contributed by atoms with E-state index >= 15 is 0 Å². The summed E-state index contributed by atoms with van der Waals surface area (Å²) in [6.07, 6.45) is 0. The lowest BCUT2D eigenvalue weighted by Gasteiger charge is -2.06. The highest BCUT2D eigenvalue weighted by atomic mass is 79.9. The van der Waals surface area contributed by atoms with E-state index in [9.17, 15) is 4.79 Å². The van der Waals surface area contributed by atoms with Crippen LogP contribution in [0.2, 0.25) is 0 Å². The average Bonchev–Trinajstić information content (AvgIpc) is 2.89. The molecular weight excluding hydrogens is 336 g/mol. The number of hydrogen-bond acceptors (Lipinski definition) is 3. The Morgan fingerprint density at radius 2 is 1.95 bits per heavy atom. The minimum Gasteiger partial charge on any atom is -0.305 e. The predicted octanol–water partition coefficient (Wildman–Crippen LogP) is 4.24. The second-order valence-corrected chi connectivity index (χ2v) is 5.95. The summed E-state index contributed by atoms with van der Waals surface area (Å²) in [5.74, 6) is 0.607. The van der Waals surface area contributed by atoms with E-state index in [-0.39, 0.29) is 5.56 Å². The van der Waals surface area contributed by atoms with Crippen LogP contribution in [0, 0.1) is 6.92 Å². The van der Waals surface area contributed by atoms with Crippen LogP contribution in [0.4, 0.5) is 0 Å². The normalized spacial score (nSPS) is 10.7. The molecule has 0 radical (unpaired) electrons. The number of rotatable bonds is 2. The summed E-state index contributed by atoms with van der Waals surface area (Å²) in [6.45, 7) is 2.01. The summed E-state index contributed by atoms with van der Waals surface area (Å²) in [6, 6.07) is 9.68. The maximum Gasteiger partial charge on any atom is 0.266 e. The number of aryl methyl sites for hydroxylation is 1. The first kappa shape index (κ1) is 13.3. The van der Waals surface area contributed by atoms with Gasteiger partial charge in [0.05, 0.1) is 5.69 Å². The van der Waals surface area contributed by atoms with Crippen molar-refractivity contribution in [2.45, 2.75) is 6.92 Å². The van der Waals surface area contributed by atoms with Crippen molar-refractivity contribution in [2.75, 3.05) is 0 Å². The summed E-state index contributed by atoms with van der Waals surface area (Å²) in [5.41, 5.74) is 3.49. The highest BCUT2D eigenvalue weighted by molar-refractivity contribution is 9.10. The van der Waals surface area contributed by atoms with E-state index in [1.165, 1.54) is 0 Å². The van der Waals surface area contributed by atoms with Gasteiger partial charge >= 0.3 is 0 Å². The van der Waals surface area contributed by atoms with Gasteiger partial charge in [0.2, 0.25) is 0 Å². The van der Waals surface area contributed by atoms with Crippen molar-refractivity contribution in [3.8, 4) is 22.6 Å². The summed E-state index contributed by atoms with van der Waals surface area (Å²) < 4.78 is 0.459. The highest BCUT2D eigenvalue weighted by Gasteiger charge is 2.13. The monoisotopic (exact) mass is 346 g/mol. The average molecular weight is 347 g/mol. The Morgan fingerprint density at radius 3 is 2.60 bits per heavy atom. The molecule has 0 spiro atoms. The Bertz CT molecular complexity index is 808. The third-order valence-corrected chi connectivity index (χ3v) is 4.62. The van der Waals surface area contributed by atoms with Crippen LogP contribution in [-0.2, 0) is 0 Å². The molecule has 2 aromatic heterocycles. The molecule has 100 valence electrons. The third-order valence-electron chi connectivity index (χ3n) is 3.02. The SMILES string of the molecule is Cc1cscc1-c1nc(-c2ccccc2)c(Br)c(=O)[nH]1. The van der Waals surface area contributed by atoms with Crippen LogP contribution in [0.15, 0.2) is 50.4 Å². The number of nitrogens with one attached hydrogen (secondary N) is 1. The fourth-order valence-corrected chi connectivity index (χ4v) is 3.23. The fourth-order valence-electron chi connectivity index (χ4n) is 1.98. The summed E-state index contributed by atoms with van der Waals surface area (Å²) >= 11 is 4.93. The molecular formula is C15H11BrN2OS. The number of H-pyrrole nitrogens is 1. The molecule has 20 heavy (non-hydrogen) atoms. The van der Waals surface area contributed by atoms with Crippen LogP contribution in [0.5, 0.6) is 0 Å². The van der Waals surface area contributed by atoms with E-state index in [2.05, 4.69) is 25.9 Å². The molecule has 0 aliphatic carbocycles. The Labute approximate surface area is 128 Å². The zero-order valence-electron chi connectivity index (χ0n) is 10.7. The van der Waals surface area contributed by atoms with Crippen LogP contribution >= 0.6 is 27.3 Å². The molecule has 0 aliphatic heterocycles. The maximum atomic E-state index is 12.1. The lowest BCUT2D eigenvalue weighted by molar-refractivity contribution is 1.11. The summed E-state index contributed by atoms with van der Waals surface area (Å²) in [5, 5.41) is 4.04. The lowest BCUT2D eigenvalue weighted by Crippen LogP contribution is -2.11. The predicted molar refractivity (Wildman–Crippen MR) is 86.0 cm³/mol. The summed E-state index contributed by atoms with van der Waals surface area (Å²) in [7, 11) is 0. The molecule has 0 unspecified atom stereocenters. The van der Waals surface area contributed by atoms with Gasteiger partial charge < -0.3 is 4.98 Å². The molecule has 3 nitrogen and oxygen atoms in total. The van der Waals surface area contributed by atoms with Gasteiger partial charge in [-0.15, -0.1) is 0 Å². The smallest absolute Gasteiger partial charge is 0.266 e. The number of halogens is 1. The molecule has 0 saturated heterocycles. The second kappa shape index (κ2) is 5.34. The number of benzene rings is 1. The summed E-state index contributed by atoms with van der Waals surface area (Å²) in [4.78, 5) is 19.5. The molecule has 0 saturated carbocycles. The molecule has 3 aromatic rings. The third kappa shape index (κ3) is 2.34.